The quantitative estimate of drug-likeness (QED) is 0.931. The van der Waals surface area contributed by atoms with E-state index in [1.165, 1.54) is 38.8 Å². The number of hydrogen-bond donors (Lipinski definition) is 1. The van der Waals surface area contributed by atoms with Crippen LogP contribution in [0.15, 0.2) is 30.3 Å². The van der Waals surface area contributed by atoms with Crippen LogP contribution < -0.4 is 5.73 Å². The average Bonchev–Trinajstić information content (AvgIpc) is 2.62. The first-order chi connectivity index (χ1) is 10.8. The van der Waals surface area contributed by atoms with Crippen LogP contribution in [-0.4, -0.2) is 47.9 Å². The smallest absolute Gasteiger partial charge is 0.244 e. The number of hydrogen-bond acceptors (Lipinski definition) is 3. The molecule has 0 bridgehead atoms. The predicted octanol–water partition coefficient (Wildman–Crippen LogP) is 2.16. The number of likely N-dealkylation sites (tertiary alicyclic amines) is 2. The minimum absolute atomic E-state index is 0.0768. The highest BCUT2D eigenvalue weighted by atomic mass is 16.2. The fourth-order valence-corrected chi connectivity index (χ4v) is 3.74. The third-order valence-electron chi connectivity index (χ3n) is 5.04. The molecule has 2 fully saturated rings. The molecular weight excluding hydrogens is 274 g/mol. The Morgan fingerprint density at radius 1 is 1.05 bits per heavy atom. The van der Waals surface area contributed by atoms with E-state index in [1.54, 1.807) is 0 Å². The Labute approximate surface area is 133 Å². The molecule has 1 aromatic carbocycles. The molecule has 0 spiro atoms. The molecule has 0 radical (unpaired) electrons. The normalized spacial score (nSPS) is 25.0. The van der Waals surface area contributed by atoms with Crippen molar-refractivity contribution in [2.75, 3.05) is 26.2 Å². The van der Waals surface area contributed by atoms with Crippen LogP contribution in [0.3, 0.4) is 0 Å². The zero-order valence-electron chi connectivity index (χ0n) is 13.3. The summed E-state index contributed by atoms with van der Waals surface area (Å²) in [4.78, 5) is 17.3. The maximum Gasteiger partial charge on any atom is 0.244 e. The molecule has 0 unspecified atom stereocenters. The van der Waals surface area contributed by atoms with E-state index in [1.807, 2.05) is 35.2 Å². The van der Waals surface area contributed by atoms with Crippen LogP contribution in [0.4, 0.5) is 0 Å². The Kier molecular flexibility index (Phi) is 5.11. The zero-order valence-corrected chi connectivity index (χ0v) is 13.3. The van der Waals surface area contributed by atoms with Gasteiger partial charge in [-0.1, -0.05) is 36.8 Å². The largest absolute Gasteiger partial charge is 0.339 e. The maximum atomic E-state index is 12.7. The first-order valence-corrected chi connectivity index (χ1v) is 8.59. The van der Waals surface area contributed by atoms with Crippen LogP contribution in [0.1, 0.15) is 43.7 Å². The molecule has 2 N–H and O–H groups in total. The molecule has 4 heteroatoms. The lowest BCUT2D eigenvalue weighted by atomic mass is 9.99. The number of carbonyl (C=O) groups is 1. The van der Waals surface area contributed by atoms with Gasteiger partial charge in [0.2, 0.25) is 5.91 Å². The molecule has 2 saturated heterocycles. The standard InChI is InChI=1S/C18H27N3O/c19-17(15-8-3-1-4-9-15)18(22)21-13-7-10-16(14-21)20-11-5-2-6-12-20/h1,3-4,8-9,16-17H,2,5-7,10-14,19H2/t16-,17+/m1/s1. The van der Waals surface area contributed by atoms with Crippen LogP contribution in [0, 0.1) is 0 Å². The van der Waals surface area contributed by atoms with Crippen molar-refractivity contribution in [3.05, 3.63) is 35.9 Å². The van der Waals surface area contributed by atoms with Crippen molar-refractivity contribution in [3.8, 4) is 0 Å². The number of carbonyl (C=O) groups excluding carboxylic acids is 1. The maximum absolute atomic E-state index is 12.7. The lowest BCUT2D eigenvalue weighted by molar-refractivity contribution is -0.135. The van der Waals surface area contributed by atoms with Gasteiger partial charge in [-0.2, -0.15) is 0 Å². The first-order valence-electron chi connectivity index (χ1n) is 8.59. The van der Waals surface area contributed by atoms with Gasteiger partial charge in [0.1, 0.15) is 6.04 Å². The average molecular weight is 301 g/mol. The summed E-state index contributed by atoms with van der Waals surface area (Å²) in [6.45, 7) is 4.08. The number of benzene rings is 1. The van der Waals surface area contributed by atoms with Crippen molar-refractivity contribution >= 4 is 5.91 Å². The van der Waals surface area contributed by atoms with Crippen LogP contribution >= 0.6 is 0 Å². The summed E-state index contributed by atoms with van der Waals surface area (Å²) in [5.41, 5.74) is 7.10. The molecule has 3 rings (SSSR count). The van der Waals surface area contributed by atoms with E-state index in [-0.39, 0.29) is 5.91 Å². The third-order valence-corrected chi connectivity index (χ3v) is 5.04. The second-order valence-electron chi connectivity index (χ2n) is 6.57. The summed E-state index contributed by atoms with van der Waals surface area (Å²) in [6, 6.07) is 9.71. The monoisotopic (exact) mass is 301 g/mol. The van der Waals surface area contributed by atoms with E-state index in [2.05, 4.69) is 4.90 Å². The Morgan fingerprint density at radius 3 is 2.50 bits per heavy atom. The summed E-state index contributed by atoms with van der Waals surface area (Å²) in [5.74, 6) is 0.0768. The Hall–Kier alpha value is -1.39. The predicted molar refractivity (Wildman–Crippen MR) is 88.4 cm³/mol. The topological polar surface area (TPSA) is 49.6 Å². The van der Waals surface area contributed by atoms with Crippen molar-refractivity contribution < 1.29 is 4.79 Å². The van der Waals surface area contributed by atoms with Gasteiger partial charge in [0.05, 0.1) is 0 Å². The molecule has 2 aliphatic rings. The Bertz CT molecular complexity index is 484. The van der Waals surface area contributed by atoms with Crippen LogP contribution in [-0.2, 0) is 4.79 Å². The molecule has 120 valence electrons. The molecule has 22 heavy (non-hydrogen) atoms. The molecule has 0 aliphatic carbocycles. The molecule has 2 atom stereocenters. The van der Waals surface area contributed by atoms with E-state index < -0.39 is 6.04 Å². The first kappa shape index (κ1) is 15.5. The molecule has 1 amide bonds. The Balaban J connectivity index is 1.62. The molecule has 0 saturated carbocycles. The van der Waals surface area contributed by atoms with Crippen molar-refractivity contribution in [1.82, 2.24) is 9.80 Å². The third kappa shape index (κ3) is 3.50. The van der Waals surface area contributed by atoms with Gasteiger partial charge in [0, 0.05) is 19.1 Å². The Morgan fingerprint density at radius 2 is 1.77 bits per heavy atom. The van der Waals surface area contributed by atoms with Gasteiger partial charge >= 0.3 is 0 Å². The lowest BCUT2D eigenvalue weighted by Gasteiger charge is -2.41. The van der Waals surface area contributed by atoms with Crippen LogP contribution in [0.5, 0.6) is 0 Å². The van der Waals surface area contributed by atoms with Crippen molar-refractivity contribution in [2.24, 2.45) is 5.73 Å². The molecule has 2 aliphatic heterocycles. The zero-order chi connectivity index (χ0) is 15.4. The van der Waals surface area contributed by atoms with E-state index in [9.17, 15) is 4.79 Å². The lowest BCUT2D eigenvalue weighted by Crippen LogP contribution is -2.52. The highest BCUT2D eigenvalue weighted by Crippen LogP contribution is 2.22. The van der Waals surface area contributed by atoms with Crippen LogP contribution in [0.25, 0.3) is 0 Å². The van der Waals surface area contributed by atoms with E-state index >= 15 is 0 Å². The van der Waals surface area contributed by atoms with Gasteiger partial charge in [-0.25, -0.2) is 0 Å². The number of rotatable bonds is 3. The summed E-state index contributed by atoms with van der Waals surface area (Å²) in [5, 5.41) is 0. The van der Waals surface area contributed by atoms with E-state index in [4.69, 9.17) is 5.73 Å². The highest BCUT2D eigenvalue weighted by Gasteiger charge is 2.30. The molecule has 1 aromatic rings. The molecule has 4 nitrogen and oxygen atoms in total. The minimum Gasteiger partial charge on any atom is -0.339 e. The van der Waals surface area contributed by atoms with Gasteiger partial charge in [0.15, 0.2) is 0 Å². The van der Waals surface area contributed by atoms with Gasteiger partial charge in [-0.05, 0) is 44.3 Å². The van der Waals surface area contributed by atoms with Gasteiger partial charge in [-0.15, -0.1) is 0 Å². The van der Waals surface area contributed by atoms with E-state index in [0.717, 1.165) is 25.1 Å². The van der Waals surface area contributed by atoms with Crippen molar-refractivity contribution in [1.29, 1.82) is 0 Å². The van der Waals surface area contributed by atoms with Gasteiger partial charge in [-0.3, -0.25) is 9.69 Å². The number of nitrogens with two attached hydrogens (primary N) is 1. The number of amides is 1. The van der Waals surface area contributed by atoms with Crippen molar-refractivity contribution in [2.45, 2.75) is 44.2 Å². The summed E-state index contributed by atoms with van der Waals surface area (Å²) < 4.78 is 0. The summed E-state index contributed by atoms with van der Waals surface area (Å²) >= 11 is 0. The van der Waals surface area contributed by atoms with E-state index in [0.29, 0.717) is 6.04 Å². The molecule has 2 heterocycles. The summed E-state index contributed by atoms with van der Waals surface area (Å²) in [6.07, 6.45) is 6.26. The fraction of sp³-hybridized carbons (Fsp3) is 0.611. The number of nitrogens with zero attached hydrogens (tertiary/aromatic N) is 2. The summed E-state index contributed by atoms with van der Waals surface area (Å²) in [7, 11) is 0. The van der Waals surface area contributed by atoms with Gasteiger partial charge < -0.3 is 10.6 Å². The fourth-order valence-electron chi connectivity index (χ4n) is 3.74. The molecule has 0 aromatic heterocycles. The minimum atomic E-state index is -0.527. The van der Waals surface area contributed by atoms with Gasteiger partial charge in [0.25, 0.3) is 0 Å². The SMILES string of the molecule is N[C@H](C(=O)N1CCC[C@@H](N2CCCCC2)C1)c1ccccc1. The second kappa shape index (κ2) is 7.25. The van der Waals surface area contributed by atoms with Crippen molar-refractivity contribution in [3.63, 3.8) is 0 Å². The second-order valence-corrected chi connectivity index (χ2v) is 6.57. The number of piperidine rings is 2. The molecular formula is C18H27N3O. The highest BCUT2D eigenvalue weighted by molar-refractivity contribution is 5.83. The van der Waals surface area contributed by atoms with Crippen LogP contribution in [0.2, 0.25) is 0 Å².